The third-order valence-corrected chi connectivity index (χ3v) is 4.47. The molecule has 3 heterocycles. The lowest BCUT2D eigenvalue weighted by molar-refractivity contribution is 0.394. The number of aryl methyl sites for hydroxylation is 3. The molecule has 0 aliphatic rings. The molecule has 1 aromatic carbocycles. The zero-order chi connectivity index (χ0) is 20.5. The molecule has 0 bridgehead atoms. The highest BCUT2D eigenvalue weighted by Crippen LogP contribution is 2.22. The molecule has 29 heavy (non-hydrogen) atoms. The summed E-state index contributed by atoms with van der Waals surface area (Å²) in [6, 6.07) is 10.1. The molecular weight excluding hydrogens is 372 g/mol. The van der Waals surface area contributed by atoms with Gasteiger partial charge in [0.1, 0.15) is 6.17 Å². The first-order valence-electron chi connectivity index (χ1n) is 8.92. The topological polar surface area (TPSA) is 109 Å². The van der Waals surface area contributed by atoms with Crippen molar-refractivity contribution in [1.29, 1.82) is 0 Å². The molecule has 0 saturated heterocycles. The Balaban J connectivity index is 1.86. The van der Waals surface area contributed by atoms with Crippen molar-refractivity contribution in [1.82, 2.24) is 29.2 Å². The van der Waals surface area contributed by atoms with E-state index in [2.05, 4.69) is 20.1 Å². The molecular formula is C20H18N6O3. The molecule has 0 aliphatic heterocycles. The van der Waals surface area contributed by atoms with Gasteiger partial charge in [-0.25, -0.2) is 9.97 Å². The van der Waals surface area contributed by atoms with Gasteiger partial charge in [0.25, 0.3) is 11.1 Å². The Labute approximate surface area is 165 Å². The molecule has 9 nitrogen and oxygen atoms in total. The summed E-state index contributed by atoms with van der Waals surface area (Å²) in [6.45, 7) is 5.19. The molecule has 0 amide bonds. The molecule has 0 radical (unpaired) electrons. The molecule has 0 atom stereocenters. The van der Waals surface area contributed by atoms with E-state index in [0.29, 0.717) is 28.7 Å². The second-order valence-electron chi connectivity index (χ2n) is 6.68. The van der Waals surface area contributed by atoms with Gasteiger partial charge in [-0.15, -0.1) is 0 Å². The second-order valence-corrected chi connectivity index (χ2v) is 6.68. The van der Waals surface area contributed by atoms with Gasteiger partial charge in [-0.2, -0.15) is 4.98 Å². The van der Waals surface area contributed by atoms with Crippen molar-refractivity contribution in [3.63, 3.8) is 0 Å². The molecule has 0 N–H and O–H groups in total. The monoisotopic (exact) mass is 390 g/mol. The van der Waals surface area contributed by atoms with Gasteiger partial charge in [0, 0.05) is 36.0 Å². The van der Waals surface area contributed by atoms with Crippen LogP contribution in [-0.4, -0.2) is 29.2 Å². The predicted molar refractivity (Wildman–Crippen MR) is 104 cm³/mol. The van der Waals surface area contributed by atoms with Crippen molar-refractivity contribution in [3.8, 4) is 11.4 Å². The molecule has 9 heteroatoms. The summed E-state index contributed by atoms with van der Waals surface area (Å²) in [6.07, 6.45) is 2.13. The fourth-order valence-electron chi connectivity index (χ4n) is 3.04. The number of nitrogens with zero attached hydrogens (tertiary/aromatic N) is 6. The summed E-state index contributed by atoms with van der Waals surface area (Å²) in [7, 11) is 0. The Morgan fingerprint density at radius 2 is 1.41 bits per heavy atom. The molecule has 4 aromatic rings. The van der Waals surface area contributed by atoms with E-state index < -0.39 is 6.17 Å². The van der Waals surface area contributed by atoms with Crippen molar-refractivity contribution in [3.05, 3.63) is 92.6 Å². The SMILES string of the molecule is Cc1cc(=O)n(C(c2ccc(-c3noc(C)n3)cc2)n2cnc(C)cc2=O)cn1. The Bertz CT molecular complexity index is 1230. The molecule has 0 aliphatic carbocycles. The fourth-order valence-corrected chi connectivity index (χ4v) is 3.04. The zero-order valence-electron chi connectivity index (χ0n) is 16.1. The first-order valence-corrected chi connectivity index (χ1v) is 8.92. The summed E-state index contributed by atoms with van der Waals surface area (Å²) >= 11 is 0. The first-order chi connectivity index (χ1) is 13.9. The van der Waals surface area contributed by atoms with E-state index in [1.807, 2.05) is 24.3 Å². The number of hydrogen-bond acceptors (Lipinski definition) is 7. The third-order valence-electron chi connectivity index (χ3n) is 4.47. The van der Waals surface area contributed by atoms with E-state index >= 15 is 0 Å². The van der Waals surface area contributed by atoms with Crippen molar-refractivity contribution in [2.75, 3.05) is 0 Å². The maximum Gasteiger partial charge on any atom is 0.255 e. The van der Waals surface area contributed by atoms with Crippen molar-refractivity contribution in [2.45, 2.75) is 26.9 Å². The van der Waals surface area contributed by atoms with Crippen LogP contribution in [0.15, 0.2) is 63.2 Å². The van der Waals surface area contributed by atoms with Crippen LogP contribution in [0.3, 0.4) is 0 Å². The Kier molecular flexibility index (Phi) is 4.63. The minimum Gasteiger partial charge on any atom is -0.339 e. The summed E-state index contributed by atoms with van der Waals surface area (Å²) < 4.78 is 7.82. The van der Waals surface area contributed by atoms with Gasteiger partial charge in [-0.1, -0.05) is 29.4 Å². The Morgan fingerprint density at radius 1 is 0.862 bits per heavy atom. The first kappa shape index (κ1) is 18.5. The Morgan fingerprint density at radius 3 is 1.86 bits per heavy atom. The number of benzene rings is 1. The smallest absolute Gasteiger partial charge is 0.255 e. The van der Waals surface area contributed by atoms with Gasteiger partial charge in [-0.05, 0) is 19.4 Å². The number of hydrogen-bond donors (Lipinski definition) is 0. The van der Waals surface area contributed by atoms with Gasteiger partial charge in [-0.3, -0.25) is 18.7 Å². The van der Waals surface area contributed by atoms with Crippen LogP contribution >= 0.6 is 0 Å². The number of rotatable bonds is 4. The molecule has 146 valence electrons. The molecule has 4 rings (SSSR count). The van der Waals surface area contributed by atoms with Crippen LogP contribution in [0.1, 0.15) is 29.0 Å². The lowest BCUT2D eigenvalue weighted by atomic mass is 10.1. The van der Waals surface area contributed by atoms with E-state index in [1.165, 1.54) is 33.9 Å². The molecule has 0 saturated carbocycles. The van der Waals surface area contributed by atoms with Crippen molar-refractivity contribution < 1.29 is 4.52 Å². The van der Waals surface area contributed by atoms with E-state index in [9.17, 15) is 9.59 Å². The molecule has 0 spiro atoms. The maximum atomic E-state index is 12.7. The Hall–Kier alpha value is -3.88. The minimum atomic E-state index is -0.739. The van der Waals surface area contributed by atoms with Crippen LogP contribution in [0, 0.1) is 20.8 Å². The summed E-state index contributed by atoms with van der Waals surface area (Å²) in [5, 5.41) is 3.91. The zero-order valence-corrected chi connectivity index (χ0v) is 16.1. The number of aromatic nitrogens is 6. The van der Waals surface area contributed by atoms with Crippen molar-refractivity contribution >= 4 is 0 Å². The van der Waals surface area contributed by atoms with Crippen LogP contribution < -0.4 is 11.1 Å². The van der Waals surface area contributed by atoms with Gasteiger partial charge in [0.05, 0.1) is 12.7 Å². The van der Waals surface area contributed by atoms with Crippen LogP contribution in [0.25, 0.3) is 11.4 Å². The van der Waals surface area contributed by atoms with Crippen LogP contribution in [0.4, 0.5) is 0 Å². The second kappa shape index (κ2) is 7.27. The summed E-state index contributed by atoms with van der Waals surface area (Å²) in [4.78, 5) is 38.0. The van der Waals surface area contributed by atoms with Crippen LogP contribution in [0.5, 0.6) is 0 Å². The van der Waals surface area contributed by atoms with E-state index in [-0.39, 0.29) is 11.1 Å². The van der Waals surface area contributed by atoms with Crippen LogP contribution in [0.2, 0.25) is 0 Å². The van der Waals surface area contributed by atoms with E-state index in [0.717, 1.165) is 5.56 Å². The fraction of sp³-hybridized carbons (Fsp3) is 0.200. The predicted octanol–water partition coefficient (Wildman–Crippen LogP) is 1.87. The van der Waals surface area contributed by atoms with Gasteiger partial charge in [0.2, 0.25) is 11.7 Å². The standard InChI is InChI=1S/C20H18N6O3/c1-12-8-17(27)25(10-21-12)20(26-11-22-13(2)9-18(26)28)16-6-4-15(5-7-16)19-23-14(3)29-24-19/h4-11,20H,1-3H3. The maximum absolute atomic E-state index is 12.7. The summed E-state index contributed by atoms with van der Waals surface area (Å²) in [5.41, 5.74) is 2.12. The average Bonchev–Trinajstić information content (AvgIpc) is 3.12. The van der Waals surface area contributed by atoms with Crippen molar-refractivity contribution in [2.24, 2.45) is 0 Å². The molecule has 0 fully saturated rings. The van der Waals surface area contributed by atoms with Gasteiger partial charge < -0.3 is 4.52 Å². The minimum absolute atomic E-state index is 0.271. The lowest BCUT2D eigenvalue weighted by Gasteiger charge is -2.22. The quantitative estimate of drug-likeness (QED) is 0.523. The summed E-state index contributed by atoms with van der Waals surface area (Å²) in [5.74, 6) is 0.936. The van der Waals surface area contributed by atoms with E-state index in [1.54, 1.807) is 20.8 Å². The molecule has 3 aromatic heterocycles. The lowest BCUT2D eigenvalue weighted by Crippen LogP contribution is -2.35. The normalized spacial score (nSPS) is 11.2. The third kappa shape index (κ3) is 3.62. The highest BCUT2D eigenvalue weighted by atomic mass is 16.5. The largest absolute Gasteiger partial charge is 0.339 e. The van der Waals surface area contributed by atoms with Gasteiger partial charge in [0.15, 0.2) is 0 Å². The highest BCUT2D eigenvalue weighted by molar-refractivity contribution is 5.54. The van der Waals surface area contributed by atoms with Crippen LogP contribution in [-0.2, 0) is 0 Å². The average molecular weight is 390 g/mol. The van der Waals surface area contributed by atoms with Gasteiger partial charge >= 0.3 is 0 Å². The molecule has 0 unspecified atom stereocenters. The van der Waals surface area contributed by atoms with E-state index in [4.69, 9.17) is 4.52 Å². The highest BCUT2D eigenvalue weighted by Gasteiger charge is 2.20.